The Morgan fingerprint density at radius 2 is 1.94 bits per heavy atom. The predicted octanol–water partition coefficient (Wildman–Crippen LogP) is 0.461. The summed E-state index contributed by atoms with van der Waals surface area (Å²) in [6, 6.07) is 4.43. The standard InChI is InChI=1S/C11H14FN3O3/c12-7-1-3-8(4-2-7)14-15-9(11(17)18)5-6-10(13)16/h1-4,9,14-15H,5-6H2,(H2,13,16)(H,17,18)/t9-/m0/s1. The number of carbonyl (C=O) groups is 2. The first kappa shape index (κ1) is 13.9. The molecule has 98 valence electrons. The van der Waals surface area contributed by atoms with E-state index in [-0.39, 0.29) is 18.7 Å². The van der Waals surface area contributed by atoms with E-state index in [2.05, 4.69) is 10.9 Å². The Labute approximate surface area is 103 Å². The Morgan fingerprint density at radius 1 is 1.33 bits per heavy atom. The van der Waals surface area contributed by atoms with Crippen LogP contribution in [-0.2, 0) is 9.59 Å². The molecule has 18 heavy (non-hydrogen) atoms. The first-order valence-electron chi connectivity index (χ1n) is 5.27. The van der Waals surface area contributed by atoms with Gasteiger partial charge in [-0.1, -0.05) is 0 Å². The summed E-state index contributed by atoms with van der Waals surface area (Å²) in [6.07, 6.45) is 0.0356. The second kappa shape index (κ2) is 6.55. The van der Waals surface area contributed by atoms with E-state index in [4.69, 9.17) is 10.8 Å². The van der Waals surface area contributed by atoms with E-state index in [9.17, 15) is 14.0 Å². The number of carbonyl (C=O) groups excluding carboxylic acids is 1. The van der Waals surface area contributed by atoms with E-state index in [0.717, 1.165) is 0 Å². The van der Waals surface area contributed by atoms with Gasteiger partial charge in [-0.2, -0.15) is 0 Å². The fourth-order valence-electron chi connectivity index (χ4n) is 1.25. The summed E-state index contributed by atoms with van der Waals surface area (Å²) in [5.41, 5.74) is 10.6. The molecule has 0 aromatic heterocycles. The van der Waals surface area contributed by atoms with Crippen LogP contribution in [0.1, 0.15) is 12.8 Å². The number of anilines is 1. The lowest BCUT2D eigenvalue weighted by Crippen LogP contribution is -2.41. The number of amides is 1. The number of nitrogens with one attached hydrogen (secondary N) is 2. The Morgan fingerprint density at radius 3 is 2.44 bits per heavy atom. The molecule has 7 heteroatoms. The highest BCUT2D eigenvalue weighted by Crippen LogP contribution is 2.07. The van der Waals surface area contributed by atoms with Crippen molar-refractivity contribution in [3.8, 4) is 0 Å². The van der Waals surface area contributed by atoms with Crippen molar-refractivity contribution < 1.29 is 19.1 Å². The second-order valence-corrected chi connectivity index (χ2v) is 3.67. The van der Waals surface area contributed by atoms with Gasteiger partial charge in [0.15, 0.2) is 0 Å². The lowest BCUT2D eigenvalue weighted by molar-refractivity contribution is -0.139. The molecule has 0 aliphatic heterocycles. The third kappa shape index (κ3) is 4.79. The van der Waals surface area contributed by atoms with Crippen LogP contribution in [0, 0.1) is 5.82 Å². The van der Waals surface area contributed by atoms with E-state index in [0.29, 0.717) is 5.69 Å². The van der Waals surface area contributed by atoms with Crippen molar-refractivity contribution in [2.24, 2.45) is 5.73 Å². The quantitative estimate of drug-likeness (QED) is 0.530. The smallest absolute Gasteiger partial charge is 0.322 e. The molecule has 0 aliphatic carbocycles. The van der Waals surface area contributed by atoms with Gasteiger partial charge in [0.25, 0.3) is 0 Å². The molecule has 0 bridgehead atoms. The van der Waals surface area contributed by atoms with Crippen LogP contribution in [-0.4, -0.2) is 23.0 Å². The molecule has 1 aromatic carbocycles. The van der Waals surface area contributed by atoms with E-state index < -0.39 is 17.9 Å². The molecule has 0 radical (unpaired) electrons. The van der Waals surface area contributed by atoms with E-state index in [1.54, 1.807) is 0 Å². The number of carboxylic acid groups (broad SMARTS) is 1. The van der Waals surface area contributed by atoms with Crippen molar-refractivity contribution in [3.63, 3.8) is 0 Å². The van der Waals surface area contributed by atoms with Crippen molar-refractivity contribution in [2.45, 2.75) is 18.9 Å². The van der Waals surface area contributed by atoms with E-state index in [1.807, 2.05) is 0 Å². The van der Waals surface area contributed by atoms with Gasteiger partial charge in [-0.05, 0) is 30.7 Å². The van der Waals surface area contributed by atoms with Gasteiger partial charge >= 0.3 is 5.97 Å². The van der Waals surface area contributed by atoms with Gasteiger partial charge in [0.1, 0.15) is 11.9 Å². The zero-order valence-corrected chi connectivity index (χ0v) is 9.52. The molecule has 0 unspecified atom stereocenters. The molecule has 1 atom stereocenters. The minimum absolute atomic E-state index is 0.0327. The zero-order valence-electron chi connectivity index (χ0n) is 9.52. The van der Waals surface area contributed by atoms with Gasteiger partial charge in [0.2, 0.25) is 5.91 Å². The molecule has 0 fully saturated rings. The number of rotatable bonds is 7. The highest BCUT2D eigenvalue weighted by atomic mass is 19.1. The van der Waals surface area contributed by atoms with Crippen LogP contribution in [0.5, 0.6) is 0 Å². The molecular weight excluding hydrogens is 241 g/mol. The molecule has 6 nitrogen and oxygen atoms in total. The van der Waals surface area contributed by atoms with Gasteiger partial charge in [0.05, 0.1) is 0 Å². The van der Waals surface area contributed by atoms with Crippen LogP contribution in [0.25, 0.3) is 0 Å². The summed E-state index contributed by atoms with van der Waals surface area (Å²) >= 11 is 0. The van der Waals surface area contributed by atoms with Gasteiger partial charge in [0, 0.05) is 12.1 Å². The minimum Gasteiger partial charge on any atom is -0.480 e. The fraction of sp³-hybridized carbons (Fsp3) is 0.273. The summed E-state index contributed by atoms with van der Waals surface area (Å²) < 4.78 is 12.6. The fourth-order valence-corrected chi connectivity index (χ4v) is 1.25. The minimum atomic E-state index is -1.11. The number of nitrogens with two attached hydrogens (primary N) is 1. The first-order valence-corrected chi connectivity index (χ1v) is 5.27. The van der Waals surface area contributed by atoms with Crippen LogP contribution in [0.4, 0.5) is 10.1 Å². The molecule has 5 N–H and O–H groups in total. The van der Waals surface area contributed by atoms with Crippen molar-refractivity contribution in [1.29, 1.82) is 0 Å². The Bertz CT molecular complexity index is 422. The number of benzene rings is 1. The molecule has 0 heterocycles. The number of hydrogen-bond donors (Lipinski definition) is 4. The maximum absolute atomic E-state index is 12.6. The number of halogens is 1. The summed E-state index contributed by atoms with van der Waals surface area (Å²) in [6.45, 7) is 0. The van der Waals surface area contributed by atoms with Gasteiger partial charge in [-0.15, -0.1) is 0 Å². The zero-order chi connectivity index (χ0) is 13.5. The molecule has 1 rings (SSSR count). The van der Waals surface area contributed by atoms with Gasteiger partial charge < -0.3 is 16.3 Å². The average molecular weight is 255 g/mol. The highest BCUT2D eigenvalue weighted by molar-refractivity contribution is 5.77. The van der Waals surface area contributed by atoms with Gasteiger partial charge in [-0.25, -0.2) is 9.82 Å². The Kier molecular flexibility index (Phi) is 5.06. The maximum Gasteiger partial charge on any atom is 0.322 e. The monoisotopic (exact) mass is 255 g/mol. The normalized spacial score (nSPS) is 11.8. The molecule has 0 saturated heterocycles. The number of hydrazine groups is 1. The lowest BCUT2D eigenvalue weighted by Gasteiger charge is -2.15. The highest BCUT2D eigenvalue weighted by Gasteiger charge is 2.17. The Balaban J connectivity index is 2.49. The van der Waals surface area contributed by atoms with Crippen molar-refractivity contribution in [1.82, 2.24) is 5.43 Å². The van der Waals surface area contributed by atoms with Crippen molar-refractivity contribution in [2.75, 3.05) is 5.43 Å². The van der Waals surface area contributed by atoms with Crippen LogP contribution in [0.15, 0.2) is 24.3 Å². The third-order valence-corrected chi connectivity index (χ3v) is 2.21. The van der Waals surface area contributed by atoms with E-state index >= 15 is 0 Å². The molecule has 1 amide bonds. The topological polar surface area (TPSA) is 104 Å². The molecule has 0 spiro atoms. The number of carboxylic acids is 1. The van der Waals surface area contributed by atoms with Crippen LogP contribution < -0.4 is 16.6 Å². The van der Waals surface area contributed by atoms with Crippen LogP contribution in [0.3, 0.4) is 0 Å². The largest absolute Gasteiger partial charge is 0.480 e. The number of hydrogen-bond acceptors (Lipinski definition) is 4. The number of primary amides is 1. The first-order chi connectivity index (χ1) is 8.49. The van der Waals surface area contributed by atoms with Gasteiger partial charge in [-0.3, -0.25) is 9.59 Å². The molecule has 1 aromatic rings. The van der Waals surface area contributed by atoms with Crippen molar-refractivity contribution >= 4 is 17.6 Å². The molecule has 0 aliphatic rings. The Hall–Kier alpha value is -2.15. The average Bonchev–Trinajstić information content (AvgIpc) is 2.30. The lowest BCUT2D eigenvalue weighted by atomic mass is 10.1. The molecule has 0 saturated carbocycles. The summed E-state index contributed by atoms with van der Waals surface area (Å²) in [5, 5.41) is 8.89. The summed E-state index contributed by atoms with van der Waals surface area (Å²) in [4.78, 5) is 21.5. The number of aliphatic carboxylic acids is 1. The summed E-state index contributed by atoms with van der Waals surface area (Å²) in [5.74, 6) is -2.06. The second-order valence-electron chi connectivity index (χ2n) is 3.67. The van der Waals surface area contributed by atoms with Crippen LogP contribution >= 0.6 is 0 Å². The third-order valence-electron chi connectivity index (χ3n) is 2.21. The maximum atomic E-state index is 12.6. The SMILES string of the molecule is NC(=O)CC[C@H](NNc1ccc(F)cc1)C(=O)O. The predicted molar refractivity (Wildman–Crippen MR) is 63.0 cm³/mol. The van der Waals surface area contributed by atoms with Crippen molar-refractivity contribution in [3.05, 3.63) is 30.1 Å². The van der Waals surface area contributed by atoms with Crippen LogP contribution in [0.2, 0.25) is 0 Å². The summed E-state index contributed by atoms with van der Waals surface area (Å²) in [7, 11) is 0. The van der Waals surface area contributed by atoms with E-state index in [1.165, 1.54) is 24.3 Å². The molecular formula is C11H14FN3O3.